The van der Waals surface area contributed by atoms with Crippen LogP contribution in [0, 0.1) is 0 Å². The van der Waals surface area contributed by atoms with Crippen molar-refractivity contribution in [3.63, 3.8) is 0 Å². The van der Waals surface area contributed by atoms with Gasteiger partial charge >= 0.3 is 5.97 Å². The first kappa shape index (κ1) is 13.0. The summed E-state index contributed by atoms with van der Waals surface area (Å²) in [6.07, 6.45) is 1.90. The Bertz CT molecular complexity index is 465. The van der Waals surface area contributed by atoms with Crippen molar-refractivity contribution in [2.75, 3.05) is 13.2 Å². The van der Waals surface area contributed by atoms with E-state index < -0.39 is 5.97 Å². The summed E-state index contributed by atoms with van der Waals surface area (Å²) < 4.78 is 5.54. The lowest BCUT2D eigenvalue weighted by atomic mass is 10.0. The van der Waals surface area contributed by atoms with Crippen molar-refractivity contribution in [3.8, 4) is 0 Å². The van der Waals surface area contributed by atoms with Gasteiger partial charge < -0.3 is 15.2 Å². The Hall–Kier alpha value is -1.47. The number of rotatable bonds is 4. The van der Waals surface area contributed by atoms with Crippen molar-refractivity contribution in [1.29, 1.82) is 0 Å². The Morgan fingerprint density at radius 2 is 2.44 bits per heavy atom. The summed E-state index contributed by atoms with van der Waals surface area (Å²) in [6.45, 7) is 3.07. The Kier molecular flexibility index (Phi) is 3.63. The largest absolute Gasteiger partial charge is 0.476 e. The highest BCUT2D eigenvalue weighted by molar-refractivity contribution is 7.11. The second kappa shape index (κ2) is 5.03. The maximum atomic E-state index is 11.8. The van der Waals surface area contributed by atoms with Gasteiger partial charge in [0.2, 0.25) is 0 Å². The molecule has 0 aromatic carbocycles. The zero-order valence-corrected chi connectivity index (χ0v) is 10.7. The van der Waals surface area contributed by atoms with Crippen LogP contribution >= 0.6 is 11.3 Å². The lowest BCUT2D eigenvalue weighted by Crippen LogP contribution is -2.40. The van der Waals surface area contributed by atoms with Crippen LogP contribution in [0.25, 0.3) is 0 Å². The zero-order valence-electron chi connectivity index (χ0n) is 9.93. The summed E-state index contributed by atoms with van der Waals surface area (Å²) >= 11 is 1.02. The van der Waals surface area contributed by atoms with Crippen LogP contribution in [-0.4, -0.2) is 40.7 Å². The minimum absolute atomic E-state index is 0.103. The SMILES string of the molecule is CC1(CNC(=O)c2nc(C(=O)O)cs2)CCCO1. The fourth-order valence-corrected chi connectivity index (χ4v) is 2.50. The molecule has 1 unspecified atom stereocenters. The Morgan fingerprint density at radius 3 is 3.00 bits per heavy atom. The quantitative estimate of drug-likeness (QED) is 0.856. The van der Waals surface area contributed by atoms with E-state index in [1.807, 2.05) is 6.92 Å². The summed E-state index contributed by atoms with van der Waals surface area (Å²) in [5.74, 6) is -1.49. The number of hydrogen-bond donors (Lipinski definition) is 2. The van der Waals surface area contributed by atoms with Gasteiger partial charge in [-0.3, -0.25) is 4.79 Å². The molecule has 7 heteroatoms. The van der Waals surface area contributed by atoms with E-state index in [1.54, 1.807) is 0 Å². The number of ether oxygens (including phenoxy) is 1. The number of carbonyl (C=O) groups is 2. The first-order valence-electron chi connectivity index (χ1n) is 5.61. The number of nitrogens with zero attached hydrogens (tertiary/aromatic N) is 1. The predicted octanol–water partition coefficient (Wildman–Crippen LogP) is 1.14. The molecule has 0 saturated carbocycles. The molecule has 2 rings (SSSR count). The summed E-state index contributed by atoms with van der Waals surface area (Å²) in [4.78, 5) is 26.2. The van der Waals surface area contributed by atoms with E-state index in [9.17, 15) is 9.59 Å². The Balaban J connectivity index is 1.93. The van der Waals surface area contributed by atoms with Gasteiger partial charge in [-0.05, 0) is 19.8 Å². The first-order chi connectivity index (χ1) is 8.50. The molecule has 1 atom stereocenters. The summed E-state index contributed by atoms with van der Waals surface area (Å²) in [5, 5.41) is 13.0. The number of carbonyl (C=O) groups excluding carboxylic acids is 1. The third-order valence-corrected chi connectivity index (χ3v) is 3.68. The number of thiazole rings is 1. The molecular formula is C11H14N2O4S. The number of aromatic carboxylic acids is 1. The van der Waals surface area contributed by atoms with E-state index in [4.69, 9.17) is 9.84 Å². The van der Waals surface area contributed by atoms with E-state index in [0.717, 1.165) is 24.2 Å². The third kappa shape index (κ3) is 2.85. The van der Waals surface area contributed by atoms with Gasteiger partial charge in [-0.15, -0.1) is 11.3 Å². The van der Waals surface area contributed by atoms with E-state index in [0.29, 0.717) is 13.2 Å². The van der Waals surface area contributed by atoms with Crippen LogP contribution in [0.15, 0.2) is 5.38 Å². The smallest absolute Gasteiger partial charge is 0.355 e. The number of carboxylic acids is 1. The lowest BCUT2D eigenvalue weighted by Gasteiger charge is -2.22. The molecule has 98 valence electrons. The normalized spacial score (nSPS) is 22.9. The molecule has 0 radical (unpaired) electrons. The molecule has 0 bridgehead atoms. The highest BCUT2D eigenvalue weighted by Crippen LogP contribution is 2.24. The van der Waals surface area contributed by atoms with E-state index in [2.05, 4.69) is 10.3 Å². The molecular weight excluding hydrogens is 256 g/mol. The number of amides is 1. The molecule has 2 N–H and O–H groups in total. The van der Waals surface area contributed by atoms with Crippen LogP contribution in [0.2, 0.25) is 0 Å². The molecule has 1 aromatic heterocycles. The molecule has 1 aliphatic heterocycles. The van der Waals surface area contributed by atoms with Gasteiger partial charge in [-0.25, -0.2) is 9.78 Å². The molecule has 2 heterocycles. The standard InChI is InChI=1S/C11H14N2O4S/c1-11(3-2-4-17-11)6-12-8(14)9-13-7(5-18-9)10(15)16/h5H,2-4,6H2,1H3,(H,12,14)(H,15,16). The van der Waals surface area contributed by atoms with Gasteiger partial charge in [0.05, 0.1) is 5.60 Å². The molecule has 0 aliphatic carbocycles. The second-order valence-corrected chi connectivity index (χ2v) is 5.29. The molecule has 1 amide bonds. The van der Waals surface area contributed by atoms with Crippen molar-refractivity contribution >= 4 is 23.2 Å². The van der Waals surface area contributed by atoms with Crippen LogP contribution in [-0.2, 0) is 4.74 Å². The van der Waals surface area contributed by atoms with E-state index >= 15 is 0 Å². The van der Waals surface area contributed by atoms with Crippen LogP contribution in [0.4, 0.5) is 0 Å². The lowest BCUT2D eigenvalue weighted by molar-refractivity contribution is 0.0206. The van der Waals surface area contributed by atoms with Crippen molar-refractivity contribution in [2.45, 2.75) is 25.4 Å². The van der Waals surface area contributed by atoms with Gasteiger partial charge in [-0.1, -0.05) is 0 Å². The summed E-state index contributed by atoms with van der Waals surface area (Å²) in [5.41, 5.74) is -0.420. The van der Waals surface area contributed by atoms with Crippen LogP contribution in [0.5, 0.6) is 0 Å². The minimum atomic E-state index is -1.13. The number of nitrogens with one attached hydrogen (secondary N) is 1. The molecule has 6 nitrogen and oxygen atoms in total. The molecule has 1 saturated heterocycles. The Morgan fingerprint density at radius 1 is 1.67 bits per heavy atom. The van der Waals surface area contributed by atoms with Crippen molar-refractivity contribution in [2.24, 2.45) is 0 Å². The number of aromatic nitrogens is 1. The first-order valence-corrected chi connectivity index (χ1v) is 6.49. The highest BCUT2D eigenvalue weighted by atomic mass is 32.1. The fraction of sp³-hybridized carbons (Fsp3) is 0.545. The van der Waals surface area contributed by atoms with Gasteiger partial charge in [0, 0.05) is 18.5 Å². The molecule has 1 fully saturated rings. The average Bonchev–Trinajstić information content (AvgIpc) is 2.95. The monoisotopic (exact) mass is 270 g/mol. The van der Waals surface area contributed by atoms with Gasteiger partial charge in [0.25, 0.3) is 5.91 Å². The maximum Gasteiger partial charge on any atom is 0.355 e. The van der Waals surface area contributed by atoms with Gasteiger partial charge in [-0.2, -0.15) is 0 Å². The number of carboxylic acid groups (broad SMARTS) is 1. The van der Waals surface area contributed by atoms with E-state index in [1.165, 1.54) is 5.38 Å². The van der Waals surface area contributed by atoms with E-state index in [-0.39, 0.29) is 22.2 Å². The Labute approximate surface area is 108 Å². The number of hydrogen-bond acceptors (Lipinski definition) is 5. The molecule has 0 spiro atoms. The molecule has 18 heavy (non-hydrogen) atoms. The van der Waals surface area contributed by atoms with Crippen molar-refractivity contribution in [3.05, 3.63) is 16.1 Å². The summed E-state index contributed by atoms with van der Waals surface area (Å²) in [6, 6.07) is 0. The average molecular weight is 270 g/mol. The predicted molar refractivity (Wildman–Crippen MR) is 65.0 cm³/mol. The van der Waals surface area contributed by atoms with Crippen LogP contribution in [0.1, 0.15) is 40.1 Å². The third-order valence-electron chi connectivity index (χ3n) is 2.84. The van der Waals surface area contributed by atoms with Gasteiger partial charge in [0.1, 0.15) is 0 Å². The second-order valence-electron chi connectivity index (χ2n) is 4.43. The van der Waals surface area contributed by atoms with Crippen LogP contribution in [0.3, 0.4) is 0 Å². The fourth-order valence-electron chi connectivity index (χ4n) is 1.80. The molecule has 1 aliphatic rings. The minimum Gasteiger partial charge on any atom is -0.476 e. The van der Waals surface area contributed by atoms with Gasteiger partial charge in [0.15, 0.2) is 10.7 Å². The zero-order chi connectivity index (χ0) is 13.2. The topological polar surface area (TPSA) is 88.5 Å². The van der Waals surface area contributed by atoms with Crippen molar-refractivity contribution < 1.29 is 19.4 Å². The molecule has 1 aromatic rings. The van der Waals surface area contributed by atoms with Crippen LogP contribution < -0.4 is 5.32 Å². The highest BCUT2D eigenvalue weighted by Gasteiger charge is 2.30. The summed E-state index contributed by atoms with van der Waals surface area (Å²) in [7, 11) is 0. The van der Waals surface area contributed by atoms with Crippen molar-refractivity contribution in [1.82, 2.24) is 10.3 Å². The maximum absolute atomic E-state index is 11.8.